The van der Waals surface area contributed by atoms with Gasteiger partial charge in [0, 0.05) is 6.54 Å². The van der Waals surface area contributed by atoms with E-state index in [0.29, 0.717) is 18.9 Å². The van der Waals surface area contributed by atoms with Gasteiger partial charge in [0.2, 0.25) is 0 Å². The Bertz CT molecular complexity index is 361. The van der Waals surface area contributed by atoms with Crippen LogP contribution >= 0.6 is 0 Å². The van der Waals surface area contributed by atoms with Crippen molar-refractivity contribution in [2.24, 2.45) is 4.99 Å². The van der Waals surface area contributed by atoms with Crippen LogP contribution in [0.4, 0.5) is 8.78 Å². The first kappa shape index (κ1) is 8.16. The lowest BCUT2D eigenvalue weighted by molar-refractivity contribution is 0.507. The van der Waals surface area contributed by atoms with Crippen molar-refractivity contribution in [3.8, 4) is 0 Å². The molecular formula is C9H8F2N2. The second-order valence-electron chi connectivity index (χ2n) is 2.76. The summed E-state index contributed by atoms with van der Waals surface area (Å²) in [7, 11) is 0. The van der Waals surface area contributed by atoms with Crippen LogP contribution in [0.3, 0.4) is 0 Å². The molecule has 1 aromatic rings. The molecule has 0 saturated carbocycles. The number of nitrogens with one attached hydrogen (secondary N) is 1. The molecule has 0 aliphatic carbocycles. The maximum Gasteiger partial charge on any atom is 0.169 e. The summed E-state index contributed by atoms with van der Waals surface area (Å²) in [6, 6.07) is 4.07. The van der Waals surface area contributed by atoms with Crippen molar-refractivity contribution in [3.05, 3.63) is 35.4 Å². The van der Waals surface area contributed by atoms with Gasteiger partial charge in [-0.05, 0) is 12.1 Å². The summed E-state index contributed by atoms with van der Waals surface area (Å²) < 4.78 is 25.9. The molecule has 1 aliphatic heterocycles. The van der Waals surface area contributed by atoms with Crippen LogP contribution in [0.5, 0.6) is 0 Å². The summed E-state index contributed by atoms with van der Waals surface area (Å²) in [4.78, 5) is 4.01. The van der Waals surface area contributed by atoms with Crippen LogP contribution in [-0.2, 0) is 0 Å². The van der Waals surface area contributed by atoms with Gasteiger partial charge in [0.25, 0.3) is 0 Å². The van der Waals surface area contributed by atoms with E-state index in [2.05, 4.69) is 10.3 Å². The van der Waals surface area contributed by atoms with Crippen LogP contribution in [0.2, 0.25) is 0 Å². The van der Waals surface area contributed by atoms with Crippen molar-refractivity contribution in [3.63, 3.8) is 0 Å². The first-order valence-corrected chi connectivity index (χ1v) is 4.02. The van der Waals surface area contributed by atoms with Gasteiger partial charge in [0.1, 0.15) is 5.84 Å². The van der Waals surface area contributed by atoms with Crippen molar-refractivity contribution in [1.29, 1.82) is 0 Å². The molecule has 0 unspecified atom stereocenters. The Labute approximate surface area is 74.3 Å². The lowest BCUT2D eigenvalue weighted by Gasteiger charge is -2.03. The minimum absolute atomic E-state index is 0.206. The number of amidine groups is 1. The molecule has 2 nitrogen and oxygen atoms in total. The van der Waals surface area contributed by atoms with E-state index in [1.807, 2.05) is 0 Å². The molecule has 0 amide bonds. The third-order valence-electron chi connectivity index (χ3n) is 1.88. The summed E-state index contributed by atoms with van der Waals surface area (Å²) in [5, 5.41) is 2.88. The highest BCUT2D eigenvalue weighted by atomic mass is 19.2. The Morgan fingerprint density at radius 3 is 2.85 bits per heavy atom. The summed E-state index contributed by atoms with van der Waals surface area (Å²) >= 11 is 0. The van der Waals surface area contributed by atoms with Gasteiger partial charge in [0.05, 0.1) is 12.1 Å². The van der Waals surface area contributed by atoms with Crippen molar-refractivity contribution >= 4 is 5.84 Å². The molecular weight excluding hydrogens is 174 g/mol. The van der Waals surface area contributed by atoms with E-state index < -0.39 is 11.6 Å². The fourth-order valence-corrected chi connectivity index (χ4v) is 1.26. The number of halogens is 2. The molecule has 0 bridgehead atoms. The van der Waals surface area contributed by atoms with Crippen molar-refractivity contribution in [2.75, 3.05) is 13.1 Å². The summed E-state index contributed by atoms with van der Waals surface area (Å²) in [6.45, 7) is 1.30. The van der Waals surface area contributed by atoms with E-state index in [1.54, 1.807) is 0 Å². The highest BCUT2D eigenvalue weighted by molar-refractivity contribution is 5.99. The SMILES string of the molecule is Fc1cccc(C2=NCCN2)c1F. The monoisotopic (exact) mass is 182 g/mol. The van der Waals surface area contributed by atoms with Crippen molar-refractivity contribution in [2.45, 2.75) is 0 Å². The van der Waals surface area contributed by atoms with Crippen LogP contribution in [0.1, 0.15) is 5.56 Å². The van der Waals surface area contributed by atoms with Gasteiger partial charge in [-0.2, -0.15) is 0 Å². The molecule has 0 saturated heterocycles. The number of nitrogens with zero attached hydrogens (tertiary/aromatic N) is 1. The predicted molar refractivity (Wildman–Crippen MR) is 45.8 cm³/mol. The molecule has 1 N–H and O–H groups in total. The maximum atomic E-state index is 13.2. The summed E-state index contributed by atoms with van der Waals surface area (Å²) in [5.74, 6) is -1.23. The van der Waals surface area contributed by atoms with Gasteiger partial charge in [-0.3, -0.25) is 4.99 Å². The van der Waals surface area contributed by atoms with E-state index in [4.69, 9.17) is 0 Å². The quantitative estimate of drug-likeness (QED) is 0.695. The molecule has 0 aromatic heterocycles. The number of hydrogen-bond acceptors (Lipinski definition) is 2. The zero-order chi connectivity index (χ0) is 9.26. The Morgan fingerprint density at radius 1 is 1.31 bits per heavy atom. The molecule has 0 radical (unpaired) electrons. The minimum Gasteiger partial charge on any atom is -0.368 e. The van der Waals surface area contributed by atoms with Crippen LogP contribution < -0.4 is 5.32 Å². The third-order valence-corrected chi connectivity index (χ3v) is 1.88. The molecule has 1 aromatic carbocycles. The molecule has 0 atom stereocenters. The largest absolute Gasteiger partial charge is 0.368 e. The molecule has 2 rings (SSSR count). The fourth-order valence-electron chi connectivity index (χ4n) is 1.26. The average molecular weight is 182 g/mol. The van der Waals surface area contributed by atoms with E-state index in [9.17, 15) is 8.78 Å². The van der Waals surface area contributed by atoms with Crippen LogP contribution in [0.25, 0.3) is 0 Å². The highest BCUT2D eigenvalue weighted by Gasteiger charge is 2.14. The average Bonchev–Trinajstić information content (AvgIpc) is 2.62. The van der Waals surface area contributed by atoms with E-state index in [1.165, 1.54) is 12.1 Å². The molecule has 0 fully saturated rings. The third kappa shape index (κ3) is 1.39. The van der Waals surface area contributed by atoms with E-state index in [0.717, 1.165) is 6.07 Å². The Morgan fingerprint density at radius 2 is 2.15 bits per heavy atom. The smallest absolute Gasteiger partial charge is 0.169 e. The van der Waals surface area contributed by atoms with Gasteiger partial charge < -0.3 is 5.32 Å². The van der Waals surface area contributed by atoms with Gasteiger partial charge in [0.15, 0.2) is 11.6 Å². The Hall–Kier alpha value is -1.45. The predicted octanol–water partition coefficient (Wildman–Crippen LogP) is 1.31. The number of aliphatic imine (C=N–C) groups is 1. The molecule has 0 spiro atoms. The van der Waals surface area contributed by atoms with Crippen LogP contribution in [0, 0.1) is 11.6 Å². The standard InChI is InChI=1S/C9H8F2N2/c10-7-3-1-2-6(8(7)11)9-12-4-5-13-9/h1-3H,4-5H2,(H,12,13). The summed E-state index contributed by atoms with van der Waals surface area (Å²) in [5.41, 5.74) is 0.206. The normalized spacial score (nSPS) is 15.4. The first-order valence-electron chi connectivity index (χ1n) is 4.02. The topological polar surface area (TPSA) is 24.4 Å². The Kier molecular flexibility index (Phi) is 1.96. The molecule has 4 heteroatoms. The Balaban J connectivity index is 2.45. The second-order valence-corrected chi connectivity index (χ2v) is 2.76. The second kappa shape index (κ2) is 3.12. The van der Waals surface area contributed by atoms with E-state index in [-0.39, 0.29) is 5.56 Å². The molecule has 1 aliphatic rings. The molecule has 1 heterocycles. The fraction of sp³-hybridized carbons (Fsp3) is 0.222. The maximum absolute atomic E-state index is 13.2. The lowest BCUT2D eigenvalue weighted by Crippen LogP contribution is -2.21. The van der Waals surface area contributed by atoms with Gasteiger partial charge >= 0.3 is 0 Å². The van der Waals surface area contributed by atoms with Gasteiger partial charge in [-0.15, -0.1) is 0 Å². The number of hydrogen-bond donors (Lipinski definition) is 1. The minimum atomic E-state index is -0.839. The van der Waals surface area contributed by atoms with Gasteiger partial charge in [-0.25, -0.2) is 8.78 Å². The number of rotatable bonds is 1. The van der Waals surface area contributed by atoms with Crippen molar-refractivity contribution in [1.82, 2.24) is 5.32 Å². The van der Waals surface area contributed by atoms with Gasteiger partial charge in [-0.1, -0.05) is 6.07 Å². The van der Waals surface area contributed by atoms with E-state index >= 15 is 0 Å². The van der Waals surface area contributed by atoms with Crippen molar-refractivity contribution < 1.29 is 8.78 Å². The lowest BCUT2D eigenvalue weighted by atomic mass is 10.2. The summed E-state index contributed by atoms with van der Waals surface area (Å²) in [6.07, 6.45) is 0. The molecule has 13 heavy (non-hydrogen) atoms. The highest BCUT2D eigenvalue weighted by Crippen LogP contribution is 2.12. The van der Waals surface area contributed by atoms with Crippen LogP contribution in [-0.4, -0.2) is 18.9 Å². The first-order chi connectivity index (χ1) is 6.29. The number of benzene rings is 1. The molecule has 68 valence electrons. The zero-order valence-corrected chi connectivity index (χ0v) is 6.85. The van der Waals surface area contributed by atoms with Crippen LogP contribution in [0.15, 0.2) is 23.2 Å². The zero-order valence-electron chi connectivity index (χ0n) is 6.85.